The van der Waals surface area contributed by atoms with E-state index in [1.165, 1.54) is 12.3 Å². The second-order valence-electron chi connectivity index (χ2n) is 5.44. The summed E-state index contributed by atoms with van der Waals surface area (Å²) >= 11 is 0. The molecule has 1 aliphatic heterocycles. The number of β-amino-alcohol motifs (C(OH)–C–C–N with tert-alkyl or cyclic N) is 1. The highest BCUT2D eigenvalue weighted by molar-refractivity contribution is 5.10. The maximum absolute atomic E-state index is 13.0. The van der Waals surface area contributed by atoms with E-state index in [4.69, 9.17) is 0 Å². The molecule has 0 radical (unpaired) electrons. The number of hydrogen-bond donors (Lipinski definition) is 2. The van der Waals surface area contributed by atoms with Crippen LogP contribution in [-0.4, -0.2) is 47.3 Å². The van der Waals surface area contributed by atoms with Gasteiger partial charge in [0.05, 0.1) is 24.0 Å². The van der Waals surface area contributed by atoms with Crippen LogP contribution in [0.5, 0.6) is 0 Å². The van der Waals surface area contributed by atoms with Gasteiger partial charge in [0, 0.05) is 19.6 Å². The normalized spacial score (nSPS) is 21.2. The van der Waals surface area contributed by atoms with Crippen molar-refractivity contribution in [3.05, 3.63) is 29.8 Å². The molecule has 1 saturated heterocycles. The zero-order valence-electron chi connectivity index (χ0n) is 12.1. The summed E-state index contributed by atoms with van der Waals surface area (Å²) in [6.07, 6.45) is 3.93. The Morgan fingerprint density at radius 1 is 1.55 bits per heavy atom. The summed E-state index contributed by atoms with van der Waals surface area (Å²) in [5.41, 5.74) is 0.889. The largest absolute Gasteiger partial charge is 0.392 e. The van der Waals surface area contributed by atoms with Gasteiger partial charge in [-0.15, -0.1) is 0 Å². The van der Waals surface area contributed by atoms with Crippen LogP contribution in [-0.2, 0) is 0 Å². The van der Waals surface area contributed by atoms with Crippen LogP contribution in [0.1, 0.15) is 37.9 Å². The smallest absolute Gasteiger partial charge is 0.141 e. The number of pyridine rings is 1. The van der Waals surface area contributed by atoms with Crippen molar-refractivity contribution < 1.29 is 9.50 Å². The molecule has 1 aromatic heterocycles. The lowest BCUT2D eigenvalue weighted by atomic mass is 10.1. The molecule has 2 N–H and O–H groups in total. The summed E-state index contributed by atoms with van der Waals surface area (Å²) in [4.78, 5) is 6.46. The third kappa shape index (κ3) is 4.51. The molecule has 1 aromatic rings. The van der Waals surface area contributed by atoms with E-state index in [0.29, 0.717) is 0 Å². The number of nitrogens with one attached hydrogen (secondary N) is 1. The lowest BCUT2D eigenvalue weighted by molar-refractivity contribution is 0.174. The van der Waals surface area contributed by atoms with Crippen LogP contribution in [0.2, 0.25) is 0 Å². The summed E-state index contributed by atoms with van der Waals surface area (Å²) < 4.78 is 13.0. The molecule has 0 spiro atoms. The zero-order valence-corrected chi connectivity index (χ0v) is 12.1. The van der Waals surface area contributed by atoms with Crippen molar-refractivity contribution >= 4 is 0 Å². The molecule has 0 aromatic carbocycles. The monoisotopic (exact) mass is 281 g/mol. The topological polar surface area (TPSA) is 48.4 Å². The van der Waals surface area contributed by atoms with Gasteiger partial charge in [0.25, 0.3) is 0 Å². The molecule has 112 valence electrons. The zero-order chi connectivity index (χ0) is 14.4. The Morgan fingerprint density at radius 2 is 2.40 bits per heavy atom. The fourth-order valence-corrected chi connectivity index (χ4v) is 2.59. The average Bonchev–Trinajstić information content (AvgIpc) is 2.86. The lowest BCUT2D eigenvalue weighted by Gasteiger charge is -2.22. The van der Waals surface area contributed by atoms with E-state index < -0.39 is 0 Å². The van der Waals surface area contributed by atoms with Crippen molar-refractivity contribution in [1.29, 1.82) is 0 Å². The van der Waals surface area contributed by atoms with E-state index in [2.05, 4.69) is 22.1 Å². The van der Waals surface area contributed by atoms with E-state index in [0.717, 1.165) is 51.1 Å². The van der Waals surface area contributed by atoms with Crippen molar-refractivity contribution in [2.24, 2.45) is 0 Å². The highest BCUT2D eigenvalue weighted by Crippen LogP contribution is 2.17. The summed E-state index contributed by atoms with van der Waals surface area (Å²) in [6.45, 7) is 5.69. The number of likely N-dealkylation sites (tertiary alicyclic amines) is 1. The van der Waals surface area contributed by atoms with Gasteiger partial charge in [-0.05, 0) is 37.9 Å². The predicted molar refractivity (Wildman–Crippen MR) is 76.9 cm³/mol. The van der Waals surface area contributed by atoms with Crippen molar-refractivity contribution in [2.45, 2.75) is 38.3 Å². The number of aliphatic hydroxyl groups is 1. The Balaban J connectivity index is 1.91. The minimum absolute atomic E-state index is 0.147. The Hall–Kier alpha value is -1.04. The second-order valence-corrected chi connectivity index (χ2v) is 5.44. The molecule has 1 aliphatic rings. The van der Waals surface area contributed by atoms with Crippen molar-refractivity contribution in [3.8, 4) is 0 Å². The third-order valence-corrected chi connectivity index (χ3v) is 3.73. The van der Waals surface area contributed by atoms with Gasteiger partial charge in [-0.2, -0.15) is 0 Å². The van der Waals surface area contributed by atoms with Gasteiger partial charge in [0.1, 0.15) is 5.82 Å². The van der Waals surface area contributed by atoms with E-state index in [9.17, 15) is 9.50 Å². The molecule has 1 fully saturated rings. The quantitative estimate of drug-likeness (QED) is 0.799. The van der Waals surface area contributed by atoms with E-state index in [1.807, 2.05) is 0 Å². The van der Waals surface area contributed by atoms with Crippen molar-refractivity contribution in [1.82, 2.24) is 15.2 Å². The minimum Gasteiger partial charge on any atom is -0.392 e. The first-order valence-electron chi connectivity index (χ1n) is 7.44. The number of hydrogen-bond acceptors (Lipinski definition) is 4. The number of nitrogens with zero attached hydrogens (tertiary/aromatic N) is 2. The van der Waals surface area contributed by atoms with Crippen LogP contribution < -0.4 is 5.32 Å². The molecule has 0 aliphatic carbocycles. The van der Waals surface area contributed by atoms with Gasteiger partial charge >= 0.3 is 0 Å². The lowest BCUT2D eigenvalue weighted by Crippen LogP contribution is -2.29. The molecule has 0 amide bonds. The summed E-state index contributed by atoms with van der Waals surface area (Å²) in [7, 11) is 0. The van der Waals surface area contributed by atoms with Gasteiger partial charge in [-0.3, -0.25) is 4.98 Å². The number of aromatic nitrogens is 1. The first-order valence-corrected chi connectivity index (χ1v) is 7.44. The van der Waals surface area contributed by atoms with Crippen LogP contribution >= 0.6 is 0 Å². The number of aliphatic hydroxyl groups excluding tert-OH is 1. The number of halogens is 1. The summed E-state index contributed by atoms with van der Waals surface area (Å²) in [6, 6.07) is 3.36. The van der Waals surface area contributed by atoms with E-state index in [1.54, 1.807) is 6.07 Å². The third-order valence-electron chi connectivity index (χ3n) is 3.73. The van der Waals surface area contributed by atoms with Crippen LogP contribution in [0.3, 0.4) is 0 Å². The summed E-state index contributed by atoms with van der Waals surface area (Å²) in [5, 5.41) is 13.0. The number of rotatable bonds is 7. The Kier molecular flexibility index (Phi) is 5.88. The molecule has 4 nitrogen and oxygen atoms in total. The van der Waals surface area contributed by atoms with Gasteiger partial charge in [-0.25, -0.2) is 4.39 Å². The van der Waals surface area contributed by atoms with Gasteiger partial charge in [-0.1, -0.05) is 6.92 Å². The minimum atomic E-state index is -0.300. The Bertz CT molecular complexity index is 399. The Morgan fingerprint density at radius 3 is 3.00 bits per heavy atom. The maximum Gasteiger partial charge on any atom is 0.141 e. The fourth-order valence-electron chi connectivity index (χ4n) is 2.59. The molecular weight excluding hydrogens is 257 g/mol. The first kappa shape index (κ1) is 15.4. The summed E-state index contributed by atoms with van der Waals surface area (Å²) in [5.74, 6) is -0.300. The van der Waals surface area contributed by atoms with Gasteiger partial charge < -0.3 is 15.3 Å². The standard InChI is InChI=1S/C15H24FN3O/c1-2-7-17-15(14-4-3-12(16)10-18-14)6-9-19-8-5-13(20)11-19/h3-4,10,13,15,17,20H,2,5-9,11H2,1H3. The van der Waals surface area contributed by atoms with E-state index in [-0.39, 0.29) is 18.0 Å². The molecule has 20 heavy (non-hydrogen) atoms. The molecule has 2 rings (SSSR count). The van der Waals surface area contributed by atoms with Crippen LogP contribution in [0.15, 0.2) is 18.3 Å². The van der Waals surface area contributed by atoms with Crippen molar-refractivity contribution in [3.63, 3.8) is 0 Å². The molecule has 0 saturated carbocycles. The second kappa shape index (κ2) is 7.67. The molecular formula is C15H24FN3O. The molecule has 0 bridgehead atoms. The maximum atomic E-state index is 13.0. The average molecular weight is 281 g/mol. The first-order chi connectivity index (χ1) is 9.69. The Labute approximate surface area is 120 Å². The van der Waals surface area contributed by atoms with Crippen LogP contribution in [0.4, 0.5) is 4.39 Å². The van der Waals surface area contributed by atoms with Crippen molar-refractivity contribution in [2.75, 3.05) is 26.2 Å². The SMILES string of the molecule is CCCNC(CCN1CCC(O)C1)c1ccc(F)cn1. The van der Waals surface area contributed by atoms with Gasteiger partial charge in [0.2, 0.25) is 0 Å². The van der Waals surface area contributed by atoms with E-state index >= 15 is 0 Å². The van der Waals surface area contributed by atoms with Crippen LogP contribution in [0.25, 0.3) is 0 Å². The highest BCUT2D eigenvalue weighted by Gasteiger charge is 2.21. The van der Waals surface area contributed by atoms with Crippen LogP contribution in [0, 0.1) is 5.82 Å². The molecule has 2 atom stereocenters. The molecule has 2 unspecified atom stereocenters. The van der Waals surface area contributed by atoms with Gasteiger partial charge in [0.15, 0.2) is 0 Å². The molecule has 2 heterocycles. The highest BCUT2D eigenvalue weighted by atomic mass is 19.1. The predicted octanol–water partition coefficient (Wildman–Crippen LogP) is 1.72. The molecule has 5 heteroatoms. The fraction of sp³-hybridized carbons (Fsp3) is 0.667.